The average Bonchev–Trinajstić information content (AvgIpc) is 2.87. The van der Waals surface area contributed by atoms with Crippen LogP contribution < -0.4 is 5.32 Å². The van der Waals surface area contributed by atoms with Crippen LogP contribution in [-0.4, -0.2) is 26.3 Å². The van der Waals surface area contributed by atoms with Crippen molar-refractivity contribution >= 4 is 0 Å². The minimum Gasteiger partial charge on any atom is -0.309 e. The lowest BCUT2D eigenvalue weighted by atomic mass is 10.1. The van der Waals surface area contributed by atoms with Crippen molar-refractivity contribution in [3.8, 4) is 0 Å². The number of hydrogen-bond donors (Lipinski definition) is 1. The Bertz CT molecular complexity index is 523. The van der Waals surface area contributed by atoms with Crippen LogP contribution in [0.4, 0.5) is 4.39 Å². The molecule has 20 heavy (non-hydrogen) atoms. The summed E-state index contributed by atoms with van der Waals surface area (Å²) in [6, 6.07) is 3.16. The number of rotatable bonds is 7. The topological polar surface area (TPSA) is 55.6 Å². The van der Waals surface area contributed by atoms with Gasteiger partial charge in [0.05, 0.1) is 17.9 Å². The summed E-state index contributed by atoms with van der Waals surface area (Å²) in [5, 5.41) is 7.58. The molecular weight excluding hydrogens is 257 g/mol. The van der Waals surface area contributed by atoms with Crippen LogP contribution in [0, 0.1) is 5.82 Å². The molecule has 0 radical (unpaired) electrons. The molecule has 0 aromatic carbocycles. The summed E-state index contributed by atoms with van der Waals surface area (Å²) in [5.74, 6) is 0.599. The van der Waals surface area contributed by atoms with Gasteiger partial charge in [0.2, 0.25) is 0 Å². The van der Waals surface area contributed by atoms with Crippen LogP contribution in [0.15, 0.2) is 24.7 Å². The van der Waals surface area contributed by atoms with E-state index in [1.165, 1.54) is 12.3 Å². The zero-order valence-electron chi connectivity index (χ0n) is 11.9. The summed E-state index contributed by atoms with van der Waals surface area (Å²) < 4.78 is 14.9. The fourth-order valence-electron chi connectivity index (χ4n) is 2.15. The number of nitrogens with zero attached hydrogens (tertiary/aromatic N) is 4. The molecule has 2 aromatic heterocycles. The van der Waals surface area contributed by atoms with Crippen LogP contribution in [0.25, 0.3) is 0 Å². The minimum absolute atomic E-state index is 0.0143. The Morgan fingerprint density at radius 1 is 1.30 bits per heavy atom. The molecule has 0 fully saturated rings. The first-order valence-electron chi connectivity index (χ1n) is 6.96. The summed E-state index contributed by atoms with van der Waals surface area (Å²) in [5.41, 5.74) is 0.819. The molecule has 1 unspecified atom stereocenters. The normalized spacial score (nSPS) is 12.6. The van der Waals surface area contributed by atoms with Crippen LogP contribution in [-0.2, 0) is 13.0 Å². The van der Waals surface area contributed by atoms with Crippen molar-refractivity contribution in [3.63, 3.8) is 0 Å². The quantitative estimate of drug-likeness (QED) is 0.842. The summed E-state index contributed by atoms with van der Waals surface area (Å²) in [7, 11) is 0. The Morgan fingerprint density at radius 2 is 2.15 bits per heavy atom. The molecule has 5 nitrogen and oxygen atoms in total. The molecule has 2 heterocycles. The van der Waals surface area contributed by atoms with E-state index in [1.807, 2.05) is 11.6 Å². The second-order valence-corrected chi connectivity index (χ2v) is 4.62. The van der Waals surface area contributed by atoms with Crippen molar-refractivity contribution in [1.29, 1.82) is 0 Å². The standard InChI is InChI=1S/C14H20FN5/c1-3-7-20-14(18-10-19-20)8-13(16-4-2)12-6-5-11(15)9-17-12/h5-6,9-10,13,16H,3-4,7-8H2,1-2H3. The number of aromatic nitrogens is 4. The van der Waals surface area contributed by atoms with Crippen LogP contribution in [0.2, 0.25) is 0 Å². The molecular formula is C14H20FN5. The lowest BCUT2D eigenvalue weighted by molar-refractivity contribution is 0.489. The van der Waals surface area contributed by atoms with Crippen LogP contribution >= 0.6 is 0 Å². The highest BCUT2D eigenvalue weighted by atomic mass is 19.1. The van der Waals surface area contributed by atoms with Crippen molar-refractivity contribution in [2.24, 2.45) is 0 Å². The van der Waals surface area contributed by atoms with Gasteiger partial charge in [-0.05, 0) is 25.1 Å². The molecule has 0 saturated heterocycles. The molecule has 1 atom stereocenters. The number of hydrogen-bond acceptors (Lipinski definition) is 4. The Kier molecular flexibility index (Phi) is 5.17. The van der Waals surface area contributed by atoms with Crippen molar-refractivity contribution < 1.29 is 4.39 Å². The zero-order chi connectivity index (χ0) is 14.4. The third kappa shape index (κ3) is 3.60. The molecule has 108 valence electrons. The fraction of sp³-hybridized carbons (Fsp3) is 0.500. The van der Waals surface area contributed by atoms with Gasteiger partial charge in [-0.3, -0.25) is 9.67 Å². The van der Waals surface area contributed by atoms with Crippen molar-refractivity contribution in [2.75, 3.05) is 6.54 Å². The Hall–Kier alpha value is -1.82. The van der Waals surface area contributed by atoms with E-state index in [9.17, 15) is 4.39 Å². The highest BCUT2D eigenvalue weighted by molar-refractivity contribution is 5.12. The minimum atomic E-state index is -0.321. The predicted octanol–water partition coefficient (Wildman–Crippen LogP) is 2.12. The first kappa shape index (κ1) is 14.6. The van der Waals surface area contributed by atoms with E-state index < -0.39 is 0 Å². The van der Waals surface area contributed by atoms with Gasteiger partial charge in [0, 0.05) is 13.0 Å². The van der Waals surface area contributed by atoms with Gasteiger partial charge < -0.3 is 5.32 Å². The molecule has 0 spiro atoms. The average molecular weight is 277 g/mol. The van der Waals surface area contributed by atoms with Gasteiger partial charge >= 0.3 is 0 Å². The highest BCUT2D eigenvalue weighted by Gasteiger charge is 2.16. The largest absolute Gasteiger partial charge is 0.309 e. The van der Waals surface area contributed by atoms with Crippen LogP contribution in [0.5, 0.6) is 0 Å². The van der Waals surface area contributed by atoms with Gasteiger partial charge in [-0.1, -0.05) is 13.8 Å². The van der Waals surface area contributed by atoms with Gasteiger partial charge in [0.15, 0.2) is 0 Å². The van der Waals surface area contributed by atoms with Gasteiger partial charge in [-0.25, -0.2) is 9.37 Å². The lowest BCUT2D eigenvalue weighted by Gasteiger charge is -2.17. The Morgan fingerprint density at radius 3 is 2.80 bits per heavy atom. The molecule has 0 amide bonds. The van der Waals surface area contributed by atoms with Gasteiger partial charge in [-0.2, -0.15) is 5.10 Å². The molecule has 1 N–H and O–H groups in total. The van der Waals surface area contributed by atoms with Crippen LogP contribution in [0.1, 0.15) is 37.8 Å². The fourth-order valence-corrected chi connectivity index (χ4v) is 2.15. The lowest BCUT2D eigenvalue weighted by Crippen LogP contribution is -2.25. The van der Waals surface area contributed by atoms with E-state index in [4.69, 9.17) is 0 Å². The van der Waals surface area contributed by atoms with Crippen molar-refractivity contribution in [1.82, 2.24) is 25.1 Å². The molecule has 0 aliphatic carbocycles. The predicted molar refractivity (Wildman–Crippen MR) is 74.6 cm³/mol. The van der Waals surface area contributed by atoms with Gasteiger partial charge in [-0.15, -0.1) is 0 Å². The van der Waals surface area contributed by atoms with Gasteiger partial charge in [0.25, 0.3) is 0 Å². The zero-order valence-corrected chi connectivity index (χ0v) is 11.9. The summed E-state index contributed by atoms with van der Waals surface area (Å²) >= 11 is 0. The highest BCUT2D eigenvalue weighted by Crippen LogP contribution is 2.15. The summed E-state index contributed by atoms with van der Waals surface area (Å²) in [4.78, 5) is 8.47. The SMILES string of the molecule is CCCn1ncnc1CC(NCC)c1ccc(F)cn1. The van der Waals surface area contributed by atoms with E-state index in [1.54, 1.807) is 12.4 Å². The maximum atomic E-state index is 13.0. The van der Waals surface area contributed by atoms with E-state index in [-0.39, 0.29) is 11.9 Å². The second kappa shape index (κ2) is 7.09. The monoisotopic (exact) mass is 277 g/mol. The first-order chi connectivity index (χ1) is 9.74. The van der Waals surface area contributed by atoms with E-state index in [0.717, 1.165) is 31.0 Å². The van der Waals surface area contributed by atoms with E-state index >= 15 is 0 Å². The Balaban J connectivity index is 2.16. The molecule has 0 saturated carbocycles. The van der Waals surface area contributed by atoms with Gasteiger partial charge in [0.1, 0.15) is 18.0 Å². The summed E-state index contributed by atoms with van der Waals surface area (Å²) in [6.07, 6.45) is 4.52. The third-order valence-electron chi connectivity index (χ3n) is 3.08. The number of nitrogens with one attached hydrogen (secondary N) is 1. The Labute approximate surface area is 118 Å². The molecule has 0 aliphatic rings. The molecule has 6 heteroatoms. The van der Waals surface area contributed by atoms with E-state index in [0.29, 0.717) is 6.42 Å². The number of pyridine rings is 1. The van der Waals surface area contributed by atoms with Crippen molar-refractivity contribution in [2.45, 2.75) is 39.3 Å². The maximum absolute atomic E-state index is 13.0. The second-order valence-electron chi connectivity index (χ2n) is 4.62. The summed E-state index contributed by atoms with van der Waals surface area (Å²) in [6.45, 7) is 5.80. The molecule has 0 bridgehead atoms. The number of halogens is 1. The number of aryl methyl sites for hydroxylation is 1. The molecule has 0 aliphatic heterocycles. The number of likely N-dealkylation sites (N-methyl/N-ethyl adjacent to an activating group) is 1. The third-order valence-corrected chi connectivity index (χ3v) is 3.08. The molecule has 2 rings (SSSR count). The molecule has 2 aromatic rings. The maximum Gasteiger partial charge on any atom is 0.141 e. The van der Waals surface area contributed by atoms with Crippen molar-refractivity contribution in [3.05, 3.63) is 42.0 Å². The van der Waals surface area contributed by atoms with E-state index in [2.05, 4.69) is 27.3 Å². The first-order valence-corrected chi connectivity index (χ1v) is 6.96. The smallest absolute Gasteiger partial charge is 0.141 e. The van der Waals surface area contributed by atoms with Crippen LogP contribution in [0.3, 0.4) is 0 Å².